The monoisotopic (exact) mass is 375 g/mol. The SMILES string of the molecule is Clc1cc(NCc2cccs2)c2cc(Br)c(Cl)n2n1. The van der Waals surface area contributed by atoms with E-state index in [4.69, 9.17) is 23.2 Å². The van der Waals surface area contributed by atoms with E-state index in [1.54, 1.807) is 21.9 Å². The molecule has 0 aliphatic heterocycles. The molecule has 0 radical (unpaired) electrons. The first-order valence-electron chi connectivity index (χ1n) is 5.44. The van der Waals surface area contributed by atoms with E-state index in [0.717, 1.165) is 22.2 Å². The molecule has 0 atom stereocenters. The highest BCUT2D eigenvalue weighted by molar-refractivity contribution is 9.10. The highest BCUT2D eigenvalue weighted by Gasteiger charge is 2.12. The van der Waals surface area contributed by atoms with E-state index < -0.39 is 0 Å². The van der Waals surface area contributed by atoms with Crippen molar-refractivity contribution in [3.63, 3.8) is 0 Å². The molecule has 0 aromatic carbocycles. The first-order valence-corrected chi connectivity index (χ1v) is 7.87. The van der Waals surface area contributed by atoms with Crippen molar-refractivity contribution in [2.24, 2.45) is 0 Å². The lowest BCUT2D eigenvalue weighted by atomic mass is 10.3. The summed E-state index contributed by atoms with van der Waals surface area (Å²) in [6.45, 7) is 0.744. The predicted octanol–water partition coefficient (Wildman–Crippen LogP) is 5.08. The molecule has 0 aliphatic carbocycles. The normalized spacial score (nSPS) is 11.1. The van der Waals surface area contributed by atoms with Gasteiger partial charge in [0, 0.05) is 17.5 Å². The lowest BCUT2D eigenvalue weighted by Gasteiger charge is -2.08. The molecule has 0 fully saturated rings. The molecule has 98 valence electrons. The van der Waals surface area contributed by atoms with Crippen molar-refractivity contribution in [1.29, 1.82) is 0 Å². The fraction of sp³-hybridized carbons (Fsp3) is 0.0833. The minimum Gasteiger partial charge on any atom is -0.378 e. The van der Waals surface area contributed by atoms with Crippen LogP contribution in [0.5, 0.6) is 0 Å². The van der Waals surface area contributed by atoms with E-state index in [9.17, 15) is 0 Å². The van der Waals surface area contributed by atoms with E-state index in [1.807, 2.05) is 12.1 Å². The summed E-state index contributed by atoms with van der Waals surface area (Å²) in [5, 5.41) is 10.5. The zero-order chi connectivity index (χ0) is 13.4. The van der Waals surface area contributed by atoms with Crippen LogP contribution in [0.15, 0.2) is 34.1 Å². The summed E-state index contributed by atoms with van der Waals surface area (Å²) in [6.07, 6.45) is 0. The van der Waals surface area contributed by atoms with Crippen molar-refractivity contribution in [2.75, 3.05) is 5.32 Å². The molecular weight excluding hydrogens is 369 g/mol. The Morgan fingerprint density at radius 3 is 2.95 bits per heavy atom. The van der Waals surface area contributed by atoms with Crippen LogP contribution in [0, 0.1) is 0 Å². The molecule has 0 amide bonds. The van der Waals surface area contributed by atoms with Gasteiger partial charge in [0.25, 0.3) is 0 Å². The largest absolute Gasteiger partial charge is 0.378 e. The highest BCUT2D eigenvalue weighted by atomic mass is 79.9. The third kappa shape index (κ3) is 2.60. The summed E-state index contributed by atoms with van der Waals surface area (Å²) in [7, 11) is 0. The maximum Gasteiger partial charge on any atom is 0.152 e. The molecule has 3 aromatic rings. The highest BCUT2D eigenvalue weighted by Crippen LogP contribution is 2.31. The quantitative estimate of drug-likeness (QED) is 0.690. The van der Waals surface area contributed by atoms with Crippen LogP contribution in [-0.2, 0) is 6.54 Å². The summed E-state index contributed by atoms with van der Waals surface area (Å²) in [4.78, 5) is 1.25. The predicted molar refractivity (Wildman–Crippen MR) is 84.6 cm³/mol. The molecule has 3 aromatic heterocycles. The van der Waals surface area contributed by atoms with E-state index in [0.29, 0.717) is 10.3 Å². The van der Waals surface area contributed by atoms with Crippen LogP contribution in [0.1, 0.15) is 4.88 Å². The van der Waals surface area contributed by atoms with Crippen molar-refractivity contribution in [3.05, 3.63) is 49.3 Å². The second-order valence-electron chi connectivity index (χ2n) is 3.89. The standard InChI is InChI=1S/C12H8BrCl2N3S/c13-8-4-10-9(16-6-7-2-1-3-19-7)5-11(14)17-18(10)12(8)15/h1-5,16H,6H2. The molecule has 0 unspecified atom stereocenters. The number of nitrogens with one attached hydrogen (secondary N) is 1. The van der Waals surface area contributed by atoms with E-state index in [2.05, 4.69) is 37.8 Å². The summed E-state index contributed by atoms with van der Waals surface area (Å²) >= 11 is 17.3. The molecule has 0 saturated heterocycles. The molecule has 3 nitrogen and oxygen atoms in total. The average Bonchev–Trinajstić information content (AvgIpc) is 2.98. The summed E-state index contributed by atoms with van der Waals surface area (Å²) < 4.78 is 2.41. The van der Waals surface area contributed by atoms with E-state index in [1.165, 1.54) is 4.88 Å². The molecule has 7 heteroatoms. The minimum atomic E-state index is 0.395. The van der Waals surface area contributed by atoms with Gasteiger partial charge in [-0.25, -0.2) is 4.52 Å². The molecule has 0 aliphatic rings. The zero-order valence-corrected chi connectivity index (χ0v) is 13.4. The Labute approximate surface area is 132 Å². The molecular formula is C12H8BrCl2N3S. The second-order valence-corrected chi connectivity index (χ2v) is 6.53. The fourth-order valence-corrected chi connectivity index (χ4v) is 3.19. The summed E-state index contributed by atoms with van der Waals surface area (Å²) in [5.74, 6) is 0. The minimum absolute atomic E-state index is 0.395. The number of rotatable bonds is 3. The van der Waals surface area contributed by atoms with E-state index >= 15 is 0 Å². The van der Waals surface area contributed by atoms with Gasteiger partial charge < -0.3 is 5.32 Å². The lowest BCUT2D eigenvalue weighted by Crippen LogP contribution is -2.01. The van der Waals surface area contributed by atoms with Gasteiger partial charge in [0.05, 0.1) is 15.7 Å². The van der Waals surface area contributed by atoms with Gasteiger partial charge in [-0.15, -0.1) is 11.3 Å². The van der Waals surface area contributed by atoms with Gasteiger partial charge in [-0.1, -0.05) is 29.3 Å². The number of anilines is 1. The topological polar surface area (TPSA) is 29.3 Å². The molecule has 3 heterocycles. The lowest BCUT2D eigenvalue weighted by molar-refractivity contribution is 0.939. The molecule has 19 heavy (non-hydrogen) atoms. The average molecular weight is 377 g/mol. The Morgan fingerprint density at radius 2 is 2.21 bits per heavy atom. The zero-order valence-electron chi connectivity index (χ0n) is 9.53. The summed E-state index contributed by atoms with van der Waals surface area (Å²) in [5.41, 5.74) is 1.79. The maximum absolute atomic E-state index is 6.15. The molecule has 0 saturated carbocycles. The van der Waals surface area contributed by atoms with Gasteiger partial charge in [0.15, 0.2) is 5.15 Å². The number of hydrogen-bond donors (Lipinski definition) is 1. The van der Waals surface area contributed by atoms with Crippen LogP contribution in [0.3, 0.4) is 0 Å². The second kappa shape index (κ2) is 5.32. The van der Waals surface area contributed by atoms with Crippen molar-refractivity contribution >= 4 is 61.7 Å². The van der Waals surface area contributed by atoms with Gasteiger partial charge in [-0.2, -0.15) is 5.10 Å². The van der Waals surface area contributed by atoms with Gasteiger partial charge in [-0.3, -0.25) is 0 Å². The Balaban J connectivity index is 2.00. The van der Waals surface area contributed by atoms with Crippen LogP contribution >= 0.6 is 50.5 Å². The van der Waals surface area contributed by atoms with Crippen LogP contribution in [0.2, 0.25) is 10.3 Å². The third-order valence-corrected chi connectivity index (χ3v) is 4.90. The Hall–Kier alpha value is -0.750. The van der Waals surface area contributed by atoms with Crippen LogP contribution < -0.4 is 5.32 Å². The summed E-state index contributed by atoms with van der Waals surface area (Å²) in [6, 6.07) is 7.83. The Bertz CT molecular complexity index is 724. The molecule has 3 rings (SSSR count). The van der Waals surface area contributed by atoms with Gasteiger partial charge in [0.1, 0.15) is 5.15 Å². The van der Waals surface area contributed by atoms with Crippen LogP contribution in [-0.4, -0.2) is 9.61 Å². The smallest absolute Gasteiger partial charge is 0.152 e. The van der Waals surface area contributed by atoms with Crippen molar-refractivity contribution in [1.82, 2.24) is 9.61 Å². The maximum atomic E-state index is 6.15. The van der Waals surface area contributed by atoms with Gasteiger partial charge in [-0.05, 0) is 33.4 Å². The first-order chi connectivity index (χ1) is 9.15. The number of aromatic nitrogens is 2. The molecule has 0 spiro atoms. The van der Waals surface area contributed by atoms with Crippen molar-refractivity contribution in [2.45, 2.75) is 6.54 Å². The van der Waals surface area contributed by atoms with E-state index in [-0.39, 0.29) is 0 Å². The van der Waals surface area contributed by atoms with Crippen LogP contribution in [0.4, 0.5) is 5.69 Å². The van der Waals surface area contributed by atoms with Gasteiger partial charge >= 0.3 is 0 Å². The molecule has 0 bridgehead atoms. The number of nitrogens with zero attached hydrogens (tertiary/aromatic N) is 2. The molecule has 1 N–H and O–H groups in total. The van der Waals surface area contributed by atoms with Crippen LogP contribution in [0.25, 0.3) is 5.52 Å². The van der Waals surface area contributed by atoms with Crippen molar-refractivity contribution in [3.8, 4) is 0 Å². The third-order valence-electron chi connectivity index (χ3n) is 2.64. The number of hydrogen-bond acceptors (Lipinski definition) is 3. The Kier molecular flexibility index (Phi) is 3.71. The first kappa shape index (κ1) is 13.2. The number of thiophene rings is 1. The number of fused-ring (bicyclic) bond motifs is 1. The fourth-order valence-electron chi connectivity index (χ4n) is 1.79. The van der Waals surface area contributed by atoms with Crippen molar-refractivity contribution < 1.29 is 0 Å². The van der Waals surface area contributed by atoms with Gasteiger partial charge in [0.2, 0.25) is 0 Å². The Morgan fingerprint density at radius 1 is 1.37 bits per heavy atom. The number of halogens is 3.